The van der Waals surface area contributed by atoms with Crippen LogP contribution in [0.15, 0.2) is 0 Å². The largest absolute Gasteiger partial charge is 0.481 e. The van der Waals surface area contributed by atoms with Crippen LogP contribution in [0, 0.1) is 23.7 Å². The van der Waals surface area contributed by atoms with Crippen LogP contribution in [0.2, 0.25) is 0 Å². The van der Waals surface area contributed by atoms with Crippen molar-refractivity contribution in [2.45, 2.75) is 242 Å². The number of rotatable bonds is 46. The number of amides is 2. The molecule has 7 atom stereocenters. The molecule has 550 valence electrons. The smallest absolute Gasteiger partial charge is 0.408 e. The monoisotopic (exact) mass is 1380 g/mol. The summed E-state index contributed by atoms with van der Waals surface area (Å²) in [7, 11) is 0. The van der Waals surface area contributed by atoms with Crippen LogP contribution in [-0.2, 0) is 114 Å². The molecule has 96 heavy (non-hydrogen) atoms. The molecule has 0 heterocycles. The van der Waals surface area contributed by atoms with E-state index in [-0.39, 0.29) is 174 Å². The topological polar surface area (TPSA) is 456 Å². The molecule has 0 bridgehead atoms. The van der Waals surface area contributed by atoms with Crippen molar-refractivity contribution < 1.29 is 134 Å². The Bertz CT molecular complexity index is 2480. The number of esters is 8. The van der Waals surface area contributed by atoms with Crippen LogP contribution in [0.3, 0.4) is 0 Å². The molecular formula is C65H107N3O28. The van der Waals surface area contributed by atoms with Crippen LogP contribution < -0.4 is 16.4 Å². The molecule has 0 spiro atoms. The number of carbonyl (C=O) groups excluding carboxylic acids is 14. The van der Waals surface area contributed by atoms with Gasteiger partial charge in [-0.2, -0.15) is 0 Å². The predicted octanol–water partition coefficient (Wildman–Crippen LogP) is 6.51. The average Bonchev–Trinajstić information content (AvgIpc) is 1.60. The number of ether oxygens (including phenoxy) is 10. The second-order valence-corrected chi connectivity index (χ2v) is 23.3. The molecule has 2 amide bonds. The standard InChI is InChI=1S/C30H49NO12.C25H41NO10.C10H17NO6/c1-8-39-25(34)16-12-20(27(36)41-10-3)18-22(32)14-15-23(31-29(38)43-30(5,6)7)24(33)19-21(28(37)42-11-4)13-17-26(35)40-9-2;1-5-33-22(29)13-9-17(24(31)35-7-3)15-19(27)11-12-20(26)21(28)16-18(25(32)36-8-4)10-14-23(30)34-6-2;1-10(2,3)17-9(16)11-6(8(14)15)4-5-7(12)13/h20-21,23H,8-19H2,1-7H3,(H,31,38);17-18,20H,5-16,26H2,1-4H3;6H,4-5H2,1-3H3,(H,11,16)(H,12,13)(H,14,15)/t20-,21-,23+;17-,18-,20+;6-/m110/s1. The molecular weight excluding hydrogens is 1270 g/mol. The Balaban J connectivity index is -0.00000147. The summed E-state index contributed by atoms with van der Waals surface area (Å²) >= 11 is 0. The van der Waals surface area contributed by atoms with Crippen molar-refractivity contribution in [3.63, 3.8) is 0 Å². The first kappa shape index (κ1) is 92.1. The molecule has 0 radical (unpaired) electrons. The maximum Gasteiger partial charge on any atom is 0.408 e. The lowest BCUT2D eigenvalue weighted by Gasteiger charge is -2.24. The van der Waals surface area contributed by atoms with Gasteiger partial charge in [-0.15, -0.1) is 0 Å². The first-order valence-electron chi connectivity index (χ1n) is 32.4. The molecule has 0 saturated heterocycles. The molecule has 0 unspecified atom stereocenters. The summed E-state index contributed by atoms with van der Waals surface area (Å²) < 4.78 is 49.8. The molecule has 0 aliphatic heterocycles. The Morgan fingerprint density at radius 1 is 0.344 bits per heavy atom. The molecule has 0 fully saturated rings. The number of carboxylic acids is 2. The number of alkyl carbamates (subject to hydrolysis) is 2. The summed E-state index contributed by atoms with van der Waals surface area (Å²) in [6.07, 6.45) is -3.69. The number of ketones is 4. The van der Waals surface area contributed by atoms with Crippen LogP contribution in [0.5, 0.6) is 0 Å². The van der Waals surface area contributed by atoms with E-state index in [1.165, 1.54) is 0 Å². The van der Waals surface area contributed by atoms with Crippen molar-refractivity contribution in [2.24, 2.45) is 29.4 Å². The summed E-state index contributed by atoms with van der Waals surface area (Å²) in [6.45, 7) is 24.2. The van der Waals surface area contributed by atoms with E-state index in [9.17, 15) is 76.7 Å². The molecule has 0 aliphatic carbocycles. The van der Waals surface area contributed by atoms with E-state index in [2.05, 4.69) is 10.6 Å². The van der Waals surface area contributed by atoms with Crippen LogP contribution in [-0.4, -0.2) is 187 Å². The summed E-state index contributed by atoms with van der Waals surface area (Å²) in [5.74, 6) is -12.1. The summed E-state index contributed by atoms with van der Waals surface area (Å²) in [5.41, 5.74) is 4.36. The minimum Gasteiger partial charge on any atom is -0.481 e. The van der Waals surface area contributed by atoms with E-state index < -0.39 is 142 Å². The number of Topliss-reactive ketones (excluding diaryl/α,β-unsaturated/α-hetero) is 4. The van der Waals surface area contributed by atoms with Crippen LogP contribution >= 0.6 is 0 Å². The van der Waals surface area contributed by atoms with Gasteiger partial charge in [0.05, 0.1) is 88.6 Å². The zero-order chi connectivity index (χ0) is 74.1. The maximum atomic E-state index is 13.4. The van der Waals surface area contributed by atoms with Gasteiger partial charge in [-0.25, -0.2) is 14.4 Å². The average molecular weight is 1380 g/mol. The number of hydrogen-bond donors (Lipinski definition) is 5. The van der Waals surface area contributed by atoms with Gasteiger partial charge in [0.2, 0.25) is 0 Å². The van der Waals surface area contributed by atoms with Crippen molar-refractivity contribution in [3.05, 3.63) is 0 Å². The van der Waals surface area contributed by atoms with Crippen molar-refractivity contribution in [1.29, 1.82) is 0 Å². The number of carboxylic acid groups (broad SMARTS) is 2. The Morgan fingerprint density at radius 2 is 0.615 bits per heavy atom. The van der Waals surface area contributed by atoms with Crippen LogP contribution in [0.1, 0.15) is 213 Å². The molecule has 31 heteroatoms. The van der Waals surface area contributed by atoms with Gasteiger partial charge in [-0.3, -0.25) is 62.3 Å². The van der Waals surface area contributed by atoms with Crippen molar-refractivity contribution in [3.8, 4) is 0 Å². The van der Waals surface area contributed by atoms with Crippen LogP contribution in [0.25, 0.3) is 0 Å². The van der Waals surface area contributed by atoms with Gasteiger partial charge in [0, 0.05) is 70.6 Å². The highest BCUT2D eigenvalue weighted by Gasteiger charge is 2.34. The zero-order valence-electron chi connectivity index (χ0n) is 58.5. The van der Waals surface area contributed by atoms with Gasteiger partial charge in [0.25, 0.3) is 0 Å². The lowest BCUT2D eigenvalue weighted by molar-refractivity contribution is -0.152. The van der Waals surface area contributed by atoms with Gasteiger partial charge >= 0.3 is 71.9 Å². The highest BCUT2D eigenvalue weighted by Crippen LogP contribution is 2.23. The van der Waals surface area contributed by atoms with Gasteiger partial charge in [-0.05, 0) is 142 Å². The van der Waals surface area contributed by atoms with Crippen molar-refractivity contribution >= 4 is 95.0 Å². The van der Waals surface area contributed by atoms with E-state index in [1.54, 1.807) is 96.9 Å². The minimum atomic E-state index is -1.29. The molecule has 31 nitrogen and oxygen atoms in total. The number of hydrogen-bond acceptors (Lipinski definition) is 27. The highest BCUT2D eigenvalue weighted by atomic mass is 16.6. The number of carbonyl (C=O) groups is 16. The second kappa shape index (κ2) is 52.1. The van der Waals surface area contributed by atoms with Gasteiger partial charge < -0.3 is 73.9 Å². The number of nitrogens with two attached hydrogens (primary N) is 1. The van der Waals surface area contributed by atoms with E-state index in [0.29, 0.717) is 0 Å². The highest BCUT2D eigenvalue weighted by molar-refractivity contribution is 5.92. The fourth-order valence-corrected chi connectivity index (χ4v) is 8.41. The molecule has 0 aromatic carbocycles. The van der Waals surface area contributed by atoms with E-state index in [1.807, 2.05) is 0 Å². The van der Waals surface area contributed by atoms with Gasteiger partial charge in [-0.1, -0.05) is 0 Å². The molecule has 0 rings (SSSR count). The molecule has 0 aliphatic rings. The Morgan fingerprint density at radius 3 is 0.896 bits per heavy atom. The SMILES string of the molecule is CC(C)(C)OC(=O)N[C@@H](CCC(=O)O)C(=O)O.CCOC(=O)CC[C@H](CC(=O)CC[C@H](N)C(=O)C[C@@H](CCC(=O)OCC)C(=O)OCC)C(=O)OCC.CCOC(=O)CC[C@H](CC(=O)CC[C@H](NC(=O)OC(C)(C)C)C(=O)C[C@@H](CCC(=O)OCC)C(=O)OCC)C(=O)OCC. The maximum absolute atomic E-state index is 13.4. The third kappa shape index (κ3) is 48.6. The number of aliphatic carboxylic acids is 2. The summed E-state index contributed by atoms with van der Waals surface area (Å²) in [6, 6.07) is -3.48. The Kier molecular flexibility index (Phi) is 50.0. The quantitative estimate of drug-likeness (QED) is 0.0320. The van der Waals surface area contributed by atoms with Gasteiger partial charge in [0.15, 0.2) is 5.78 Å². The summed E-state index contributed by atoms with van der Waals surface area (Å²) in [4.78, 5) is 193. The Hall–Kier alpha value is -8.12. The molecule has 0 aromatic rings. The lowest BCUT2D eigenvalue weighted by Crippen LogP contribution is -2.44. The van der Waals surface area contributed by atoms with Crippen molar-refractivity contribution in [1.82, 2.24) is 10.6 Å². The zero-order valence-corrected chi connectivity index (χ0v) is 58.5. The van der Waals surface area contributed by atoms with Gasteiger partial charge in [0.1, 0.15) is 34.6 Å². The molecule has 0 aromatic heterocycles. The van der Waals surface area contributed by atoms with Crippen molar-refractivity contribution in [2.75, 3.05) is 52.9 Å². The second-order valence-electron chi connectivity index (χ2n) is 23.3. The molecule has 6 N–H and O–H groups in total. The fourth-order valence-electron chi connectivity index (χ4n) is 8.41. The molecule has 0 saturated carbocycles. The fraction of sp³-hybridized carbons (Fsp3) is 0.754. The Labute approximate surface area is 562 Å². The van der Waals surface area contributed by atoms with Crippen LogP contribution in [0.4, 0.5) is 9.59 Å². The normalized spacial score (nSPS) is 13.0. The lowest BCUT2D eigenvalue weighted by atomic mass is 9.90. The van der Waals surface area contributed by atoms with E-state index in [4.69, 9.17) is 63.3 Å². The minimum absolute atomic E-state index is 0.0107. The predicted molar refractivity (Wildman–Crippen MR) is 340 cm³/mol. The number of nitrogens with one attached hydrogen (secondary N) is 2. The first-order chi connectivity index (χ1) is 44.9. The summed E-state index contributed by atoms with van der Waals surface area (Å²) in [5, 5.41) is 21.8. The third-order valence-corrected chi connectivity index (χ3v) is 12.9. The van der Waals surface area contributed by atoms with E-state index >= 15 is 0 Å². The first-order valence-corrected chi connectivity index (χ1v) is 32.4. The third-order valence-electron chi connectivity index (χ3n) is 12.9. The van der Waals surface area contributed by atoms with E-state index in [0.717, 1.165) is 0 Å².